The maximum absolute atomic E-state index is 11.6. The van der Waals surface area contributed by atoms with Crippen molar-refractivity contribution in [3.8, 4) is 0 Å². The zero-order valence-electron chi connectivity index (χ0n) is 10.9. The highest BCUT2D eigenvalue weighted by molar-refractivity contribution is 5.75. The van der Waals surface area contributed by atoms with Crippen molar-refractivity contribution in [2.24, 2.45) is 11.7 Å². The number of nitrogens with two attached hydrogens (primary N) is 1. The van der Waals surface area contributed by atoms with Crippen LogP contribution >= 0.6 is 0 Å². The molecule has 1 unspecified atom stereocenters. The van der Waals surface area contributed by atoms with Crippen molar-refractivity contribution in [3.63, 3.8) is 0 Å². The van der Waals surface area contributed by atoms with Crippen LogP contribution < -0.4 is 11.1 Å². The Labute approximate surface area is 104 Å². The van der Waals surface area contributed by atoms with Crippen LogP contribution in [-0.2, 0) is 9.53 Å². The Kier molecular flexibility index (Phi) is 7.21. The minimum atomic E-state index is 0.0233. The van der Waals surface area contributed by atoms with E-state index in [1.807, 2.05) is 0 Å². The molecule has 0 aromatic rings. The summed E-state index contributed by atoms with van der Waals surface area (Å²) in [6.07, 6.45) is 7.82. The van der Waals surface area contributed by atoms with E-state index >= 15 is 0 Å². The Hall–Kier alpha value is -0.610. The molecule has 1 aliphatic carbocycles. The SMILES string of the molecule is COCC(N)CCNC(=O)CCC1CCCC1. The first kappa shape index (κ1) is 14.5. The molecule has 17 heavy (non-hydrogen) atoms. The molecule has 0 aliphatic heterocycles. The van der Waals surface area contributed by atoms with Crippen molar-refractivity contribution >= 4 is 5.91 Å². The van der Waals surface area contributed by atoms with Crippen LogP contribution in [0.4, 0.5) is 0 Å². The molecule has 1 aliphatic rings. The van der Waals surface area contributed by atoms with Gasteiger partial charge in [-0.05, 0) is 18.8 Å². The molecule has 4 heteroatoms. The van der Waals surface area contributed by atoms with Gasteiger partial charge in [0, 0.05) is 26.1 Å². The van der Waals surface area contributed by atoms with E-state index in [1.54, 1.807) is 7.11 Å². The minimum Gasteiger partial charge on any atom is -0.383 e. The molecule has 1 saturated carbocycles. The predicted molar refractivity (Wildman–Crippen MR) is 68.7 cm³/mol. The summed E-state index contributed by atoms with van der Waals surface area (Å²) in [5.74, 6) is 0.956. The highest BCUT2D eigenvalue weighted by atomic mass is 16.5. The second-order valence-corrected chi connectivity index (χ2v) is 5.04. The molecule has 0 spiro atoms. The molecule has 1 amide bonds. The number of carbonyl (C=O) groups is 1. The number of methoxy groups -OCH3 is 1. The third-order valence-corrected chi connectivity index (χ3v) is 3.47. The van der Waals surface area contributed by atoms with E-state index in [1.165, 1.54) is 25.7 Å². The molecule has 0 aromatic heterocycles. The number of carbonyl (C=O) groups excluding carboxylic acids is 1. The quantitative estimate of drug-likeness (QED) is 0.677. The second-order valence-electron chi connectivity index (χ2n) is 5.04. The summed E-state index contributed by atoms with van der Waals surface area (Å²) in [6, 6.07) is 0.0233. The van der Waals surface area contributed by atoms with Crippen molar-refractivity contribution < 1.29 is 9.53 Å². The van der Waals surface area contributed by atoms with Gasteiger partial charge in [-0.25, -0.2) is 0 Å². The fourth-order valence-electron chi connectivity index (χ4n) is 2.42. The van der Waals surface area contributed by atoms with Crippen LogP contribution in [0.15, 0.2) is 0 Å². The van der Waals surface area contributed by atoms with Crippen LogP contribution in [0.1, 0.15) is 44.9 Å². The Morgan fingerprint density at radius 2 is 2.18 bits per heavy atom. The number of rotatable bonds is 8. The summed E-state index contributed by atoms with van der Waals surface area (Å²) in [5.41, 5.74) is 5.77. The second kappa shape index (κ2) is 8.48. The van der Waals surface area contributed by atoms with Crippen LogP contribution in [0, 0.1) is 5.92 Å². The number of hydrogen-bond acceptors (Lipinski definition) is 3. The Bertz CT molecular complexity index is 215. The Balaban J connectivity index is 1.97. The summed E-state index contributed by atoms with van der Waals surface area (Å²) in [6.45, 7) is 1.21. The van der Waals surface area contributed by atoms with Crippen LogP contribution in [0.2, 0.25) is 0 Å². The topological polar surface area (TPSA) is 64.3 Å². The van der Waals surface area contributed by atoms with E-state index in [9.17, 15) is 4.79 Å². The van der Waals surface area contributed by atoms with Crippen LogP contribution in [0.3, 0.4) is 0 Å². The van der Waals surface area contributed by atoms with E-state index in [0.29, 0.717) is 19.6 Å². The lowest BCUT2D eigenvalue weighted by molar-refractivity contribution is -0.121. The van der Waals surface area contributed by atoms with Gasteiger partial charge in [-0.1, -0.05) is 25.7 Å². The van der Waals surface area contributed by atoms with Crippen LogP contribution in [0.5, 0.6) is 0 Å². The molecule has 0 heterocycles. The number of ether oxygens (including phenoxy) is 1. The van der Waals surface area contributed by atoms with Gasteiger partial charge in [0.1, 0.15) is 0 Å². The number of hydrogen-bond donors (Lipinski definition) is 2. The Morgan fingerprint density at radius 3 is 2.82 bits per heavy atom. The largest absolute Gasteiger partial charge is 0.383 e. The maximum atomic E-state index is 11.6. The standard InChI is InChI=1S/C13H26N2O2/c1-17-10-12(14)8-9-15-13(16)7-6-11-4-2-3-5-11/h11-12H,2-10,14H2,1H3,(H,15,16). The monoisotopic (exact) mass is 242 g/mol. The third-order valence-electron chi connectivity index (χ3n) is 3.47. The molecular formula is C13H26N2O2. The molecule has 3 N–H and O–H groups in total. The van der Waals surface area contributed by atoms with Crippen molar-refractivity contribution in [2.45, 2.75) is 51.0 Å². The van der Waals surface area contributed by atoms with Gasteiger partial charge in [0.25, 0.3) is 0 Å². The van der Waals surface area contributed by atoms with E-state index in [4.69, 9.17) is 10.5 Å². The highest BCUT2D eigenvalue weighted by Crippen LogP contribution is 2.28. The van der Waals surface area contributed by atoms with E-state index in [-0.39, 0.29) is 11.9 Å². The fraction of sp³-hybridized carbons (Fsp3) is 0.923. The van der Waals surface area contributed by atoms with Gasteiger partial charge in [-0.2, -0.15) is 0 Å². The number of nitrogens with one attached hydrogen (secondary N) is 1. The zero-order valence-corrected chi connectivity index (χ0v) is 10.9. The summed E-state index contributed by atoms with van der Waals surface area (Å²) in [5, 5.41) is 2.92. The highest BCUT2D eigenvalue weighted by Gasteiger charge is 2.15. The van der Waals surface area contributed by atoms with E-state index in [0.717, 1.165) is 18.8 Å². The molecule has 1 rings (SSSR count). The van der Waals surface area contributed by atoms with Gasteiger partial charge in [0.2, 0.25) is 5.91 Å². The smallest absolute Gasteiger partial charge is 0.220 e. The average Bonchev–Trinajstić information content (AvgIpc) is 2.79. The van der Waals surface area contributed by atoms with Gasteiger partial charge >= 0.3 is 0 Å². The molecule has 0 radical (unpaired) electrons. The first-order valence-corrected chi connectivity index (χ1v) is 6.73. The molecular weight excluding hydrogens is 216 g/mol. The van der Waals surface area contributed by atoms with Gasteiger partial charge in [-0.3, -0.25) is 4.79 Å². The third kappa shape index (κ3) is 6.64. The van der Waals surface area contributed by atoms with Crippen LogP contribution in [0.25, 0.3) is 0 Å². The first-order chi connectivity index (χ1) is 8.22. The normalized spacial score (nSPS) is 18.2. The molecule has 1 fully saturated rings. The lowest BCUT2D eigenvalue weighted by atomic mass is 10.0. The van der Waals surface area contributed by atoms with E-state index < -0.39 is 0 Å². The predicted octanol–water partition coefficient (Wildman–Crippen LogP) is 1.44. The van der Waals surface area contributed by atoms with Crippen molar-refractivity contribution in [3.05, 3.63) is 0 Å². The van der Waals surface area contributed by atoms with Gasteiger partial charge in [0.05, 0.1) is 6.61 Å². The van der Waals surface area contributed by atoms with Gasteiger partial charge in [0.15, 0.2) is 0 Å². The molecule has 0 bridgehead atoms. The molecule has 4 nitrogen and oxygen atoms in total. The first-order valence-electron chi connectivity index (χ1n) is 6.73. The molecule has 100 valence electrons. The van der Waals surface area contributed by atoms with Crippen LogP contribution in [-0.4, -0.2) is 32.2 Å². The fourth-order valence-corrected chi connectivity index (χ4v) is 2.42. The summed E-state index contributed by atoms with van der Waals surface area (Å²) < 4.78 is 4.94. The van der Waals surface area contributed by atoms with Crippen molar-refractivity contribution in [1.29, 1.82) is 0 Å². The molecule has 1 atom stereocenters. The zero-order chi connectivity index (χ0) is 12.5. The van der Waals surface area contributed by atoms with Crippen molar-refractivity contribution in [1.82, 2.24) is 5.32 Å². The summed E-state index contributed by atoms with van der Waals surface area (Å²) in [7, 11) is 1.64. The Morgan fingerprint density at radius 1 is 1.47 bits per heavy atom. The van der Waals surface area contributed by atoms with Gasteiger partial charge in [-0.15, -0.1) is 0 Å². The van der Waals surface area contributed by atoms with Crippen molar-refractivity contribution in [2.75, 3.05) is 20.3 Å². The van der Waals surface area contributed by atoms with E-state index in [2.05, 4.69) is 5.32 Å². The lowest BCUT2D eigenvalue weighted by Crippen LogP contribution is -2.32. The molecule has 0 aromatic carbocycles. The summed E-state index contributed by atoms with van der Waals surface area (Å²) >= 11 is 0. The van der Waals surface area contributed by atoms with Gasteiger partial charge < -0.3 is 15.8 Å². The summed E-state index contributed by atoms with van der Waals surface area (Å²) in [4.78, 5) is 11.6. The number of amides is 1. The molecule has 0 saturated heterocycles. The average molecular weight is 242 g/mol. The maximum Gasteiger partial charge on any atom is 0.220 e. The lowest BCUT2D eigenvalue weighted by Gasteiger charge is -2.12. The minimum absolute atomic E-state index is 0.0233.